The summed E-state index contributed by atoms with van der Waals surface area (Å²) in [6, 6.07) is 0.451. The maximum absolute atomic E-state index is 11.4. The van der Waals surface area contributed by atoms with Gasteiger partial charge in [0.2, 0.25) is 0 Å². The van der Waals surface area contributed by atoms with Crippen LogP contribution in [0.15, 0.2) is 0 Å². The van der Waals surface area contributed by atoms with Crippen LogP contribution >= 0.6 is 0 Å². The Morgan fingerprint density at radius 2 is 2.07 bits per heavy atom. The molecule has 15 heavy (non-hydrogen) atoms. The lowest BCUT2D eigenvalue weighted by atomic mass is 10.0. The van der Waals surface area contributed by atoms with Crippen LogP contribution in [0.2, 0.25) is 0 Å². The summed E-state index contributed by atoms with van der Waals surface area (Å²) in [4.78, 5) is 13.5. The molecule has 4 heteroatoms. The molecule has 0 aromatic heterocycles. The lowest BCUT2D eigenvalue weighted by Gasteiger charge is -2.39. The Morgan fingerprint density at radius 1 is 1.40 bits per heavy atom. The van der Waals surface area contributed by atoms with Gasteiger partial charge in [0.25, 0.3) is 0 Å². The van der Waals surface area contributed by atoms with Gasteiger partial charge in [-0.15, -0.1) is 0 Å². The molecule has 0 unspecified atom stereocenters. The maximum atomic E-state index is 11.4. The Kier molecular flexibility index (Phi) is 2.98. The van der Waals surface area contributed by atoms with Crippen LogP contribution in [0.1, 0.15) is 38.5 Å². The monoisotopic (exact) mass is 212 g/mol. The normalized spacial score (nSPS) is 32.7. The van der Waals surface area contributed by atoms with Gasteiger partial charge in [0, 0.05) is 6.04 Å². The SMILES string of the molecule is CN(C1CCCC1)[C@@]1(C(=O)O)CCCN1. The van der Waals surface area contributed by atoms with Crippen LogP contribution in [0.4, 0.5) is 0 Å². The molecule has 0 amide bonds. The molecule has 1 aliphatic carbocycles. The van der Waals surface area contributed by atoms with Gasteiger partial charge in [0.1, 0.15) is 0 Å². The minimum atomic E-state index is -0.783. The number of carbonyl (C=O) groups is 1. The van der Waals surface area contributed by atoms with Crippen molar-refractivity contribution >= 4 is 5.97 Å². The molecule has 86 valence electrons. The van der Waals surface area contributed by atoms with E-state index in [2.05, 4.69) is 10.2 Å². The molecule has 2 aliphatic rings. The molecule has 2 rings (SSSR count). The summed E-state index contributed by atoms with van der Waals surface area (Å²) in [5.74, 6) is -0.714. The zero-order valence-electron chi connectivity index (χ0n) is 9.33. The maximum Gasteiger partial charge on any atom is 0.339 e. The van der Waals surface area contributed by atoms with E-state index in [0.29, 0.717) is 6.04 Å². The first kappa shape index (κ1) is 10.9. The van der Waals surface area contributed by atoms with Gasteiger partial charge in [0.05, 0.1) is 0 Å². The molecular weight excluding hydrogens is 192 g/mol. The van der Waals surface area contributed by atoms with Crippen molar-refractivity contribution in [1.29, 1.82) is 0 Å². The van der Waals surface area contributed by atoms with Crippen LogP contribution in [-0.4, -0.2) is 41.3 Å². The highest BCUT2D eigenvalue weighted by molar-refractivity contribution is 5.78. The van der Waals surface area contributed by atoms with E-state index in [0.717, 1.165) is 32.2 Å². The van der Waals surface area contributed by atoms with Crippen molar-refractivity contribution in [3.63, 3.8) is 0 Å². The predicted octanol–water partition coefficient (Wildman–Crippen LogP) is 1.03. The third-order valence-electron chi connectivity index (χ3n) is 3.96. The van der Waals surface area contributed by atoms with Gasteiger partial charge in [0.15, 0.2) is 5.66 Å². The minimum Gasteiger partial charge on any atom is -0.479 e. The largest absolute Gasteiger partial charge is 0.479 e. The highest BCUT2D eigenvalue weighted by Crippen LogP contribution is 2.31. The highest BCUT2D eigenvalue weighted by atomic mass is 16.4. The number of carboxylic acid groups (broad SMARTS) is 1. The number of hydrogen-bond donors (Lipinski definition) is 2. The molecule has 0 radical (unpaired) electrons. The average Bonchev–Trinajstić information content (AvgIpc) is 2.89. The quantitative estimate of drug-likeness (QED) is 0.733. The first-order valence-corrected chi connectivity index (χ1v) is 5.88. The van der Waals surface area contributed by atoms with E-state index in [4.69, 9.17) is 0 Å². The van der Waals surface area contributed by atoms with Gasteiger partial charge < -0.3 is 5.11 Å². The zero-order valence-corrected chi connectivity index (χ0v) is 9.33. The highest BCUT2D eigenvalue weighted by Gasteiger charge is 2.47. The molecule has 1 saturated carbocycles. The Hall–Kier alpha value is -0.610. The molecule has 1 atom stereocenters. The average molecular weight is 212 g/mol. The van der Waals surface area contributed by atoms with E-state index in [-0.39, 0.29) is 0 Å². The van der Waals surface area contributed by atoms with Gasteiger partial charge in [-0.05, 0) is 39.3 Å². The van der Waals surface area contributed by atoms with Crippen LogP contribution in [0.25, 0.3) is 0 Å². The summed E-state index contributed by atoms with van der Waals surface area (Å²) in [6.07, 6.45) is 6.47. The van der Waals surface area contributed by atoms with E-state index < -0.39 is 11.6 Å². The van der Waals surface area contributed by atoms with Crippen LogP contribution in [0.3, 0.4) is 0 Å². The number of hydrogen-bond acceptors (Lipinski definition) is 3. The summed E-state index contributed by atoms with van der Waals surface area (Å²) in [5.41, 5.74) is -0.783. The first-order chi connectivity index (χ1) is 7.17. The van der Waals surface area contributed by atoms with Crippen molar-refractivity contribution in [3.8, 4) is 0 Å². The number of nitrogens with one attached hydrogen (secondary N) is 1. The van der Waals surface area contributed by atoms with Crippen molar-refractivity contribution in [1.82, 2.24) is 10.2 Å². The van der Waals surface area contributed by atoms with Gasteiger partial charge >= 0.3 is 5.97 Å². The molecule has 1 heterocycles. The molecule has 0 spiro atoms. The number of carboxylic acids is 1. The van der Waals surface area contributed by atoms with Crippen molar-refractivity contribution in [2.75, 3.05) is 13.6 Å². The van der Waals surface area contributed by atoms with Crippen LogP contribution in [-0.2, 0) is 4.79 Å². The molecule has 0 bridgehead atoms. The van der Waals surface area contributed by atoms with E-state index in [1.54, 1.807) is 0 Å². The Labute approximate surface area is 90.6 Å². The molecule has 0 aromatic rings. The van der Waals surface area contributed by atoms with Gasteiger partial charge in [-0.25, -0.2) is 4.79 Å². The number of likely N-dealkylation sites (N-methyl/N-ethyl adjacent to an activating group) is 1. The second-order valence-corrected chi connectivity index (χ2v) is 4.74. The van der Waals surface area contributed by atoms with Crippen molar-refractivity contribution in [2.24, 2.45) is 0 Å². The number of nitrogens with zero attached hydrogens (tertiary/aromatic N) is 1. The number of rotatable bonds is 3. The van der Waals surface area contributed by atoms with E-state index in [1.165, 1.54) is 12.8 Å². The van der Waals surface area contributed by atoms with Crippen molar-refractivity contribution < 1.29 is 9.90 Å². The van der Waals surface area contributed by atoms with Gasteiger partial charge in [-0.1, -0.05) is 12.8 Å². The van der Waals surface area contributed by atoms with Crippen LogP contribution in [0, 0.1) is 0 Å². The summed E-state index contributed by atoms with van der Waals surface area (Å²) in [5, 5.41) is 12.6. The lowest BCUT2D eigenvalue weighted by molar-refractivity contribution is -0.154. The smallest absolute Gasteiger partial charge is 0.339 e. The zero-order chi connectivity index (χ0) is 10.9. The Bertz CT molecular complexity index is 243. The summed E-state index contributed by atoms with van der Waals surface area (Å²) >= 11 is 0. The predicted molar refractivity (Wildman–Crippen MR) is 57.6 cm³/mol. The van der Waals surface area contributed by atoms with E-state index in [1.807, 2.05) is 7.05 Å². The number of aliphatic carboxylic acids is 1. The van der Waals surface area contributed by atoms with Crippen LogP contribution < -0.4 is 5.32 Å². The Balaban J connectivity index is 2.13. The van der Waals surface area contributed by atoms with E-state index in [9.17, 15) is 9.90 Å². The first-order valence-electron chi connectivity index (χ1n) is 5.88. The minimum absolute atomic E-state index is 0.451. The summed E-state index contributed by atoms with van der Waals surface area (Å²) in [6.45, 7) is 0.823. The van der Waals surface area contributed by atoms with Crippen molar-refractivity contribution in [2.45, 2.75) is 50.2 Å². The second kappa shape index (κ2) is 4.10. The lowest BCUT2D eigenvalue weighted by Crippen LogP contribution is -2.62. The molecule has 1 saturated heterocycles. The molecule has 1 aliphatic heterocycles. The third kappa shape index (κ3) is 1.76. The molecule has 2 fully saturated rings. The topological polar surface area (TPSA) is 52.6 Å². The Morgan fingerprint density at radius 3 is 2.53 bits per heavy atom. The van der Waals surface area contributed by atoms with Crippen LogP contribution in [0.5, 0.6) is 0 Å². The fourth-order valence-electron chi connectivity index (χ4n) is 2.97. The standard InChI is InChI=1S/C11H20N2O2/c1-13(9-5-2-3-6-9)11(10(14)15)7-4-8-12-11/h9,12H,2-8H2,1H3,(H,14,15)/t11-/m1/s1. The molecular formula is C11H20N2O2. The molecule has 4 nitrogen and oxygen atoms in total. The summed E-state index contributed by atoms with van der Waals surface area (Å²) in [7, 11) is 1.96. The third-order valence-corrected chi connectivity index (χ3v) is 3.96. The van der Waals surface area contributed by atoms with E-state index >= 15 is 0 Å². The molecule has 0 aromatic carbocycles. The second-order valence-electron chi connectivity index (χ2n) is 4.74. The van der Waals surface area contributed by atoms with Gasteiger partial charge in [-0.2, -0.15) is 0 Å². The molecule has 2 N–H and O–H groups in total. The van der Waals surface area contributed by atoms with Gasteiger partial charge in [-0.3, -0.25) is 10.2 Å². The fourth-order valence-corrected chi connectivity index (χ4v) is 2.97. The summed E-state index contributed by atoms with van der Waals surface area (Å²) < 4.78 is 0. The van der Waals surface area contributed by atoms with Crippen molar-refractivity contribution in [3.05, 3.63) is 0 Å². The fraction of sp³-hybridized carbons (Fsp3) is 0.909.